The van der Waals surface area contributed by atoms with Crippen molar-refractivity contribution in [3.05, 3.63) is 0 Å². The van der Waals surface area contributed by atoms with E-state index >= 15 is 0 Å². The predicted octanol–water partition coefficient (Wildman–Crippen LogP) is 4.89. The molecule has 0 atom stereocenters. The van der Waals surface area contributed by atoms with Gasteiger partial charge in [0.1, 0.15) is 0 Å². The third kappa shape index (κ3) is 14.1. The van der Waals surface area contributed by atoms with Crippen LogP contribution in [0.2, 0.25) is 0 Å². The minimum Gasteiger partial charge on any atom is -0.306 e. The topological polar surface area (TPSA) is 6.48 Å². The first-order valence-electron chi connectivity index (χ1n) is 7.74. The summed E-state index contributed by atoms with van der Waals surface area (Å²) >= 11 is 0. The standard InChI is InChI=1S/C7H15N.C6H13N.C2H6.2CH4/c1-2-8-6-4-3-5-7-8;1-7-5-3-2-4-6-7;1-2;;/h2-7H2,1H3;2-6H2,1H3;1-2H3;2*1H4. The molecule has 120 valence electrons. The van der Waals surface area contributed by atoms with E-state index in [9.17, 15) is 0 Å². The Bertz CT molecular complexity index is 136. The van der Waals surface area contributed by atoms with Crippen LogP contribution in [0.4, 0.5) is 0 Å². The summed E-state index contributed by atoms with van der Waals surface area (Å²) in [7, 11) is 2.19. The fraction of sp³-hybridized carbons (Fsp3) is 1.00. The minimum atomic E-state index is 0. The number of nitrogens with zero attached hydrogens (tertiary/aromatic N) is 2. The maximum atomic E-state index is 2.52. The van der Waals surface area contributed by atoms with Crippen LogP contribution in [0.1, 0.15) is 74.1 Å². The summed E-state index contributed by atoms with van der Waals surface area (Å²) in [5.74, 6) is 0. The second kappa shape index (κ2) is 17.9. The molecule has 2 aliphatic rings. The molecule has 19 heavy (non-hydrogen) atoms. The van der Waals surface area contributed by atoms with Gasteiger partial charge in [0, 0.05) is 0 Å². The first-order valence-corrected chi connectivity index (χ1v) is 7.74. The van der Waals surface area contributed by atoms with Crippen LogP contribution in [0, 0.1) is 0 Å². The number of hydrogen-bond donors (Lipinski definition) is 0. The van der Waals surface area contributed by atoms with E-state index in [1.54, 1.807) is 0 Å². The highest BCUT2D eigenvalue weighted by Crippen LogP contribution is 2.06. The van der Waals surface area contributed by atoms with Crippen LogP contribution >= 0.6 is 0 Å². The molecule has 0 aliphatic carbocycles. The third-order valence-corrected chi connectivity index (χ3v) is 3.48. The molecule has 2 aliphatic heterocycles. The molecule has 0 bridgehead atoms. The lowest BCUT2D eigenvalue weighted by atomic mass is 10.1. The highest BCUT2D eigenvalue weighted by molar-refractivity contribution is 4.61. The zero-order chi connectivity index (χ0) is 12.9. The lowest BCUT2D eigenvalue weighted by molar-refractivity contribution is 0.240. The lowest BCUT2D eigenvalue weighted by Gasteiger charge is -2.24. The summed E-state index contributed by atoms with van der Waals surface area (Å²) in [6.45, 7) is 12.8. The molecule has 0 unspecified atom stereocenters. The van der Waals surface area contributed by atoms with E-state index in [0.717, 1.165) is 0 Å². The fourth-order valence-electron chi connectivity index (χ4n) is 2.33. The van der Waals surface area contributed by atoms with Gasteiger partial charge in [-0.05, 0) is 65.5 Å². The molecule has 2 nitrogen and oxygen atoms in total. The lowest BCUT2D eigenvalue weighted by Crippen LogP contribution is -2.29. The molecule has 0 amide bonds. The molecule has 0 N–H and O–H groups in total. The number of piperidine rings is 2. The van der Waals surface area contributed by atoms with Gasteiger partial charge in [-0.2, -0.15) is 0 Å². The molecular weight excluding hydrogens is 232 g/mol. The molecule has 2 saturated heterocycles. The molecule has 0 spiro atoms. The Morgan fingerprint density at radius 3 is 1.26 bits per heavy atom. The van der Waals surface area contributed by atoms with Gasteiger partial charge >= 0.3 is 0 Å². The number of hydrogen-bond acceptors (Lipinski definition) is 2. The van der Waals surface area contributed by atoms with E-state index in [2.05, 4.69) is 23.8 Å². The fourth-order valence-corrected chi connectivity index (χ4v) is 2.33. The van der Waals surface area contributed by atoms with E-state index in [1.165, 1.54) is 71.2 Å². The van der Waals surface area contributed by atoms with Gasteiger partial charge < -0.3 is 9.80 Å². The quantitative estimate of drug-likeness (QED) is 0.671. The van der Waals surface area contributed by atoms with Crippen molar-refractivity contribution in [2.45, 2.75) is 74.1 Å². The maximum absolute atomic E-state index is 2.52. The van der Waals surface area contributed by atoms with Gasteiger partial charge in [-0.15, -0.1) is 0 Å². The monoisotopic (exact) mass is 274 g/mol. The number of likely N-dealkylation sites (tertiary alicyclic amines) is 2. The molecule has 0 aromatic carbocycles. The summed E-state index contributed by atoms with van der Waals surface area (Å²) in [5, 5.41) is 0. The zero-order valence-corrected chi connectivity index (χ0v) is 12.7. The van der Waals surface area contributed by atoms with E-state index in [1.807, 2.05) is 13.8 Å². The average molecular weight is 275 g/mol. The summed E-state index contributed by atoms with van der Waals surface area (Å²) in [6, 6.07) is 0. The van der Waals surface area contributed by atoms with Crippen LogP contribution in [-0.2, 0) is 0 Å². The van der Waals surface area contributed by atoms with E-state index < -0.39 is 0 Å². The van der Waals surface area contributed by atoms with Crippen molar-refractivity contribution in [3.63, 3.8) is 0 Å². The molecule has 2 heteroatoms. The summed E-state index contributed by atoms with van der Waals surface area (Å²) < 4.78 is 0. The van der Waals surface area contributed by atoms with Crippen molar-refractivity contribution in [1.82, 2.24) is 9.80 Å². The van der Waals surface area contributed by atoms with Gasteiger partial charge in [-0.1, -0.05) is 48.5 Å². The first-order chi connectivity index (χ1) is 8.33. The van der Waals surface area contributed by atoms with Crippen LogP contribution in [-0.4, -0.2) is 49.6 Å². The van der Waals surface area contributed by atoms with Gasteiger partial charge in [-0.25, -0.2) is 0 Å². The Hall–Kier alpha value is -0.0800. The molecular formula is C17H42N2. The molecule has 0 saturated carbocycles. The van der Waals surface area contributed by atoms with Crippen LogP contribution in [0.15, 0.2) is 0 Å². The second-order valence-electron chi connectivity index (χ2n) is 4.86. The van der Waals surface area contributed by atoms with Crippen molar-refractivity contribution in [2.24, 2.45) is 0 Å². The van der Waals surface area contributed by atoms with Crippen LogP contribution < -0.4 is 0 Å². The largest absolute Gasteiger partial charge is 0.306 e. The molecule has 2 heterocycles. The Kier molecular flexibility index (Phi) is 22.6. The Morgan fingerprint density at radius 1 is 0.684 bits per heavy atom. The van der Waals surface area contributed by atoms with E-state index in [4.69, 9.17) is 0 Å². The van der Waals surface area contributed by atoms with Crippen molar-refractivity contribution in [2.75, 3.05) is 39.8 Å². The maximum Gasteiger partial charge on any atom is -0.00188 e. The predicted molar refractivity (Wildman–Crippen MR) is 92.1 cm³/mol. The van der Waals surface area contributed by atoms with Gasteiger partial charge in [0.25, 0.3) is 0 Å². The molecule has 0 aromatic heterocycles. The Morgan fingerprint density at radius 2 is 1.05 bits per heavy atom. The summed E-state index contributed by atoms with van der Waals surface area (Å²) in [4.78, 5) is 4.91. The Balaban J connectivity index is -0.000000219. The van der Waals surface area contributed by atoms with Crippen molar-refractivity contribution in [1.29, 1.82) is 0 Å². The zero-order valence-electron chi connectivity index (χ0n) is 12.7. The van der Waals surface area contributed by atoms with Gasteiger partial charge in [0.2, 0.25) is 0 Å². The summed E-state index contributed by atoms with van der Waals surface area (Å²) in [6.07, 6.45) is 8.58. The number of rotatable bonds is 1. The summed E-state index contributed by atoms with van der Waals surface area (Å²) in [5.41, 5.74) is 0. The van der Waals surface area contributed by atoms with Gasteiger partial charge in [0.05, 0.1) is 0 Å². The SMILES string of the molecule is C.C.CC.CCN1CCCCC1.CN1CCCCC1. The van der Waals surface area contributed by atoms with Crippen molar-refractivity contribution >= 4 is 0 Å². The molecule has 2 fully saturated rings. The van der Waals surface area contributed by atoms with E-state index in [0.29, 0.717) is 0 Å². The van der Waals surface area contributed by atoms with Crippen LogP contribution in [0.3, 0.4) is 0 Å². The smallest absolute Gasteiger partial charge is 0.00188 e. The van der Waals surface area contributed by atoms with Gasteiger partial charge in [0.15, 0.2) is 0 Å². The van der Waals surface area contributed by atoms with Gasteiger partial charge in [-0.3, -0.25) is 0 Å². The molecule has 0 aromatic rings. The normalized spacial score (nSPS) is 19.6. The highest BCUT2D eigenvalue weighted by atomic mass is 15.1. The highest BCUT2D eigenvalue weighted by Gasteiger charge is 2.05. The van der Waals surface area contributed by atoms with Crippen molar-refractivity contribution < 1.29 is 0 Å². The Labute approximate surface area is 124 Å². The van der Waals surface area contributed by atoms with Crippen LogP contribution in [0.5, 0.6) is 0 Å². The first kappa shape index (κ1) is 24.0. The molecule has 2 rings (SSSR count). The van der Waals surface area contributed by atoms with Crippen molar-refractivity contribution in [3.8, 4) is 0 Å². The minimum absolute atomic E-state index is 0. The average Bonchev–Trinajstić information content (AvgIpc) is 2.43. The third-order valence-electron chi connectivity index (χ3n) is 3.48. The van der Waals surface area contributed by atoms with Crippen LogP contribution in [0.25, 0.3) is 0 Å². The molecule has 0 radical (unpaired) electrons. The second-order valence-corrected chi connectivity index (χ2v) is 4.86. The van der Waals surface area contributed by atoms with E-state index in [-0.39, 0.29) is 14.9 Å².